The summed E-state index contributed by atoms with van der Waals surface area (Å²) in [6, 6.07) is 0. The summed E-state index contributed by atoms with van der Waals surface area (Å²) in [6.45, 7) is 2.22. The second-order valence-electron chi connectivity index (χ2n) is 4.75. The fraction of sp³-hybridized carbons (Fsp3) is 0.667. The normalized spacial score (nSPS) is 30.2. The Bertz CT molecular complexity index is 350. The van der Waals surface area contributed by atoms with Crippen molar-refractivity contribution in [2.45, 2.75) is 32.6 Å². The van der Waals surface area contributed by atoms with Crippen LogP contribution in [-0.4, -0.2) is 16.1 Å². The molecule has 16 heavy (non-hydrogen) atoms. The van der Waals surface area contributed by atoms with Crippen LogP contribution in [0.4, 0.5) is 0 Å². The fourth-order valence-corrected chi connectivity index (χ4v) is 3.34. The first-order valence-corrected chi connectivity index (χ1v) is 6.66. The van der Waals surface area contributed by atoms with E-state index in [0.717, 1.165) is 30.7 Å². The van der Waals surface area contributed by atoms with Gasteiger partial charge in [-0.15, -0.1) is 11.3 Å². The van der Waals surface area contributed by atoms with Crippen molar-refractivity contribution < 1.29 is 9.90 Å². The predicted octanol–water partition coefficient (Wildman–Crippen LogP) is 2.82. The molecule has 4 heteroatoms. The fourth-order valence-electron chi connectivity index (χ4n) is 2.63. The third-order valence-corrected chi connectivity index (χ3v) is 4.28. The van der Waals surface area contributed by atoms with Crippen molar-refractivity contribution in [1.29, 1.82) is 0 Å². The number of carbonyl (C=O) groups is 1. The van der Waals surface area contributed by atoms with Gasteiger partial charge in [-0.05, 0) is 31.1 Å². The molecule has 2 rings (SSSR count). The van der Waals surface area contributed by atoms with Crippen LogP contribution < -0.4 is 0 Å². The minimum absolute atomic E-state index is 0.167. The van der Waals surface area contributed by atoms with Crippen LogP contribution in [0.15, 0.2) is 11.6 Å². The number of thiazole rings is 1. The minimum atomic E-state index is -0.631. The highest BCUT2D eigenvalue weighted by atomic mass is 32.1. The Morgan fingerprint density at radius 1 is 1.62 bits per heavy atom. The van der Waals surface area contributed by atoms with E-state index in [2.05, 4.69) is 11.9 Å². The molecule has 3 atom stereocenters. The second kappa shape index (κ2) is 4.95. The largest absolute Gasteiger partial charge is 0.481 e. The van der Waals surface area contributed by atoms with Gasteiger partial charge in [-0.3, -0.25) is 4.79 Å². The molecule has 88 valence electrons. The van der Waals surface area contributed by atoms with E-state index < -0.39 is 5.97 Å². The van der Waals surface area contributed by atoms with Gasteiger partial charge in [-0.25, -0.2) is 4.98 Å². The Hall–Kier alpha value is -0.900. The van der Waals surface area contributed by atoms with Gasteiger partial charge in [0.2, 0.25) is 0 Å². The van der Waals surface area contributed by atoms with E-state index >= 15 is 0 Å². The number of aromatic nitrogens is 1. The molecule has 1 aromatic heterocycles. The molecule has 1 heterocycles. The standard InChI is InChI=1S/C12H17NO2S/c1-8-2-3-10(12(14)15)9(6-8)7-11-13-4-5-16-11/h4-5,8-10H,2-3,6-7H2,1H3,(H,14,15). The van der Waals surface area contributed by atoms with Crippen LogP contribution in [0.5, 0.6) is 0 Å². The lowest BCUT2D eigenvalue weighted by Gasteiger charge is -2.31. The lowest BCUT2D eigenvalue weighted by Crippen LogP contribution is -2.31. The van der Waals surface area contributed by atoms with Crippen molar-refractivity contribution in [3.63, 3.8) is 0 Å². The van der Waals surface area contributed by atoms with E-state index in [9.17, 15) is 9.90 Å². The van der Waals surface area contributed by atoms with Gasteiger partial charge in [0.1, 0.15) is 0 Å². The smallest absolute Gasteiger partial charge is 0.306 e. The zero-order valence-electron chi connectivity index (χ0n) is 9.43. The van der Waals surface area contributed by atoms with E-state index in [1.165, 1.54) is 0 Å². The van der Waals surface area contributed by atoms with Crippen molar-refractivity contribution in [2.75, 3.05) is 0 Å². The molecule has 0 amide bonds. The van der Waals surface area contributed by atoms with E-state index in [-0.39, 0.29) is 11.8 Å². The number of nitrogens with zero attached hydrogens (tertiary/aromatic N) is 1. The van der Waals surface area contributed by atoms with Crippen LogP contribution in [-0.2, 0) is 11.2 Å². The quantitative estimate of drug-likeness (QED) is 0.882. The van der Waals surface area contributed by atoms with Crippen LogP contribution in [0, 0.1) is 17.8 Å². The summed E-state index contributed by atoms with van der Waals surface area (Å²) in [5, 5.41) is 12.2. The van der Waals surface area contributed by atoms with Crippen molar-refractivity contribution >= 4 is 17.3 Å². The first-order chi connectivity index (χ1) is 7.66. The maximum atomic E-state index is 11.2. The maximum absolute atomic E-state index is 11.2. The second-order valence-corrected chi connectivity index (χ2v) is 5.73. The van der Waals surface area contributed by atoms with Crippen LogP contribution in [0.1, 0.15) is 31.2 Å². The molecule has 0 spiro atoms. The molecular weight excluding hydrogens is 222 g/mol. The van der Waals surface area contributed by atoms with E-state index in [0.29, 0.717) is 5.92 Å². The molecule has 0 saturated heterocycles. The molecule has 0 aliphatic heterocycles. The highest BCUT2D eigenvalue weighted by molar-refractivity contribution is 7.09. The van der Waals surface area contributed by atoms with Crippen molar-refractivity contribution in [2.24, 2.45) is 17.8 Å². The van der Waals surface area contributed by atoms with E-state index in [1.54, 1.807) is 17.5 Å². The summed E-state index contributed by atoms with van der Waals surface area (Å²) in [5.74, 6) is 0.126. The van der Waals surface area contributed by atoms with Gasteiger partial charge in [0.15, 0.2) is 0 Å². The minimum Gasteiger partial charge on any atom is -0.481 e. The van der Waals surface area contributed by atoms with Gasteiger partial charge >= 0.3 is 5.97 Å². The van der Waals surface area contributed by atoms with Gasteiger partial charge in [-0.2, -0.15) is 0 Å². The average Bonchev–Trinajstić information content (AvgIpc) is 2.70. The summed E-state index contributed by atoms with van der Waals surface area (Å²) in [6.07, 6.45) is 5.52. The number of hydrogen-bond acceptors (Lipinski definition) is 3. The molecule has 1 fully saturated rings. The highest BCUT2D eigenvalue weighted by Crippen LogP contribution is 2.36. The summed E-state index contributed by atoms with van der Waals surface area (Å²) < 4.78 is 0. The van der Waals surface area contributed by atoms with E-state index in [4.69, 9.17) is 0 Å². The van der Waals surface area contributed by atoms with Crippen LogP contribution in [0.25, 0.3) is 0 Å². The summed E-state index contributed by atoms with van der Waals surface area (Å²) in [4.78, 5) is 15.4. The monoisotopic (exact) mass is 239 g/mol. The molecule has 1 aliphatic rings. The Labute approximate surface area is 99.5 Å². The summed E-state index contributed by atoms with van der Waals surface area (Å²) in [5.41, 5.74) is 0. The third kappa shape index (κ3) is 2.61. The average molecular weight is 239 g/mol. The lowest BCUT2D eigenvalue weighted by atomic mass is 9.73. The van der Waals surface area contributed by atoms with Crippen LogP contribution >= 0.6 is 11.3 Å². The molecule has 1 saturated carbocycles. The molecule has 3 unspecified atom stereocenters. The Morgan fingerprint density at radius 3 is 3.06 bits per heavy atom. The van der Waals surface area contributed by atoms with Crippen LogP contribution in [0.3, 0.4) is 0 Å². The Balaban J connectivity index is 2.05. The van der Waals surface area contributed by atoms with Crippen molar-refractivity contribution in [3.8, 4) is 0 Å². The topological polar surface area (TPSA) is 50.2 Å². The highest BCUT2D eigenvalue weighted by Gasteiger charge is 2.33. The number of aliphatic carboxylic acids is 1. The third-order valence-electron chi connectivity index (χ3n) is 3.48. The summed E-state index contributed by atoms with van der Waals surface area (Å²) >= 11 is 1.63. The van der Waals surface area contributed by atoms with Gasteiger partial charge in [0, 0.05) is 18.0 Å². The van der Waals surface area contributed by atoms with Gasteiger partial charge < -0.3 is 5.11 Å². The predicted molar refractivity (Wildman–Crippen MR) is 63.4 cm³/mol. The van der Waals surface area contributed by atoms with Gasteiger partial charge in [0.25, 0.3) is 0 Å². The lowest BCUT2D eigenvalue weighted by molar-refractivity contribution is -0.145. The number of hydrogen-bond donors (Lipinski definition) is 1. The molecule has 0 radical (unpaired) electrons. The molecule has 3 nitrogen and oxygen atoms in total. The Kier molecular flexibility index (Phi) is 3.59. The molecule has 0 bridgehead atoms. The Morgan fingerprint density at radius 2 is 2.44 bits per heavy atom. The number of rotatable bonds is 3. The van der Waals surface area contributed by atoms with Crippen molar-refractivity contribution in [1.82, 2.24) is 4.98 Å². The molecule has 1 N–H and O–H groups in total. The van der Waals surface area contributed by atoms with Crippen molar-refractivity contribution in [3.05, 3.63) is 16.6 Å². The first-order valence-electron chi connectivity index (χ1n) is 5.78. The summed E-state index contributed by atoms with van der Waals surface area (Å²) in [7, 11) is 0. The zero-order valence-corrected chi connectivity index (χ0v) is 10.2. The molecule has 1 aromatic rings. The van der Waals surface area contributed by atoms with Gasteiger partial charge in [0.05, 0.1) is 10.9 Å². The SMILES string of the molecule is CC1CCC(C(=O)O)C(Cc2nccs2)C1. The maximum Gasteiger partial charge on any atom is 0.306 e. The molecule has 1 aliphatic carbocycles. The first kappa shape index (κ1) is 11.6. The van der Waals surface area contributed by atoms with E-state index in [1.807, 2.05) is 5.38 Å². The number of carboxylic acids is 1. The van der Waals surface area contributed by atoms with Gasteiger partial charge in [-0.1, -0.05) is 6.92 Å². The molecular formula is C12H17NO2S. The van der Waals surface area contributed by atoms with Crippen LogP contribution in [0.2, 0.25) is 0 Å². The number of carboxylic acid groups (broad SMARTS) is 1. The zero-order chi connectivity index (χ0) is 11.5. The molecule has 0 aromatic carbocycles.